The number of ether oxygens (including phenoxy) is 2. The molecule has 1 amide bonds. The van der Waals surface area contributed by atoms with Crippen LogP contribution >= 0.6 is 0 Å². The first kappa shape index (κ1) is 22.1. The fourth-order valence-corrected chi connectivity index (χ4v) is 3.76. The predicted octanol–water partition coefficient (Wildman–Crippen LogP) is 4.09. The van der Waals surface area contributed by atoms with E-state index < -0.39 is 0 Å². The Balaban J connectivity index is 0.000000300. The second kappa shape index (κ2) is 9.99. The van der Waals surface area contributed by atoms with Crippen LogP contribution in [0.15, 0.2) is 30.6 Å². The van der Waals surface area contributed by atoms with Crippen molar-refractivity contribution in [1.29, 1.82) is 0 Å². The average molecular weight is 438 g/mol. The van der Waals surface area contributed by atoms with Crippen molar-refractivity contribution in [2.75, 3.05) is 33.1 Å². The summed E-state index contributed by atoms with van der Waals surface area (Å²) >= 11 is 0. The minimum atomic E-state index is 0.248. The van der Waals surface area contributed by atoms with Gasteiger partial charge in [-0.1, -0.05) is 0 Å². The van der Waals surface area contributed by atoms with Crippen molar-refractivity contribution in [2.24, 2.45) is 5.92 Å². The Morgan fingerprint density at radius 3 is 2.62 bits per heavy atom. The minimum absolute atomic E-state index is 0.248. The summed E-state index contributed by atoms with van der Waals surface area (Å²) in [7, 11) is 5.87. The maximum absolute atomic E-state index is 10.6. The number of H-pyrrole nitrogens is 1. The van der Waals surface area contributed by atoms with Crippen LogP contribution in [-0.4, -0.2) is 60.1 Å². The highest BCUT2D eigenvalue weighted by Gasteiger charge is 2.24. The number of hydrogen-bond acceptors (Lipinski definition) is 6. The molecule has 2 fully saturated rings. The van der Waals surface area contributed by atoms with E-state index in [2.05, 4.69) is 39.3 Å². The Hall–Kier alpha value is -3.13. The van der Waals surface area contributed by atoms with Gasteiger partial charge in [-0.25, -0.2) is 9.97 Å². The highest BCUT2D eigenvalue weighted by molar-refractivity contribution is 5.97. The first-order valence-electron chi connectivity index (χ1n) is 11.1. The second-order valence-electron chi connectivity index (χ2n) is 8.63. The summed E-state index contributed by atoms with van der Waals surface area (Å²) in [4.78, 5) is 24.7. The number of pyridine rings is 2. The molecule has 5 rings (SSSR count). The van der Waals surface area contributed by atoms with Crippen LogP contribution in [-0.2, 0) is 4.79 Å². The van der Waals surface area contributed by atoms with Crippen LogP contribution in [0.4, 0.5) is 5.82 Å². The Kier molecular flexibility index (Phi) is 6.90. The molecule has 0 radical (unpaired) electrons. The molecule has 170 valence electrons. The summed E-state index contributed by atoms with van der Waals surface area (Å²) in [6, 6.07) is 5.52. The van der Waals surface area contributed by atoms with E-state index in [9.17, 15) is 4.79 Å². The van der Waals surface area contributed by atoms with Gasteiger partial charge in [0.05, 0.1) is 18.8 Å². The van der Waals surface area contributed by atoms with Crippen LogP contribution in [0.1, 0.15) is 32.1 Å². The van der Waals surface area contributed by atoms with Crippen molar-refractivity contribution < 1.29 is 14.3 Å². The van der Waals surface area contributed by atoms with Gasteiger partial charge in [0.1, 0.15) is 17.2 Å². The number of carbonyl (C=O) groups excluding carboxylic acids is 1. The molecule has 8 heteroatoms. The van der Waals surface area contributed by atoms with Gasteiger partial charge in [0.2, 0.25) is 12.3 Å². The Bertz CT molecular complexity index is 1060. The molecule has 2 aliphatic rings. The second-order valence-corrected chi connectivity index (χ2v) is 8.63. The van der Waals surface area contributed by atoms with Crippen molar-refractivity contribution in [1.82, 2.24) is 19.9 Å². The Labute approximate surface area is 188 Å². The molecule has 2 aliphatic carbocycles. The monoisotopic (exact) mass is 437 g/mol. The molecule has 3 heterocycles. The lowest BCUT2D eigenvalue weighted by Crippen LogP contribution is -2.24. The average Bonchev–Trinajstić information content (AvgIpc) is 3.46. The van der Waals surface area contributed by atoms with Crippen LogP contribution in [0.2, 0.25) is 0 Å². The molecule has 0 aromatic carbocycles. The maximum atomic E-state index is 10.6. The molecule has 32 heavy (non-hydrogen) atoms. The topological polar surface area (TPSA) is 92.4 Å². The highest BCUT2D eigenvalue weighted by atomic mass is 16.5. The molecule has 0 spiro atoms. The standard InChI is InChI=1S/C18H18N4O3.C6H13N/c1-24-18-16(14(7-8-19-18)25-11-3-2-4-11)13-9-20-17-12(13)5-6-15(22-17)21-10-23;1-7(2)5-6-3-4-6/h5-11H,2-4H2,1H3,(H2,20,21,22,23);6H,3-5H2,1-2H3. The number of nitrogens with one attached hydrogen (secondary N) is 2. The van der Waals surface area contributed by atoms with Crippen LogP contribution in [0.3, 0.4) is 0 Å². The van der Waals surface area contributed by atoms with E-state index in [4.69, 9.17) is 9.47 Å². The van der Waals surface area contributed by atoms with E-state index in [1.165, 1.54) is 25.8 Å². The van der Waals surface area contributed by atoms with Crippen LogP contribution in [0.5, 0.6) is 11.6 Å². The molecule has 3 aromatic rings. The summed E-state index contributed by atoms with van der Waals surface area (Å²) < 4.78 is 11.6. The SMILES string of the molecule is CN(C)CC1CC1.COc1nccc(OC2CCC2)c1-c1c[nH]c2nc(NC=O)ccc12. The van der Waals surface area contributed by atoms with Crippen molar-refractivity contribution >= 4 is 23.3 Å². The maximum Gasteiger partial charge on any atom is 0.224 e. The minimum Gasteiger partial charge on any atom is -0.490 e. The van der Waals surface area contributed by atoms with E-state index in [0.717, 1.165) is 41.0 Å². The fourth-order valence-electron chi connectivity index (χ4n) is 3.76. The molecule has 2 N–H and O–H groups in total. The Morgan fingerprint density at radius 1 is 1.22 bits per heavy atom. The van der Waals surface area contributed by atoms with Crippen LogP contribution in [0, 0.1) is 5.92 Å². The van der Waals surface area contributed by atoms with Gasteiger partial charge in [-0.05, 0) is 70.3 Å². The van der Waals surface area contributed by atoms with Gasteiger partial charge in [-0.3, -0.25) is 4.79 Å². The molecule has 8 nitrogen and oxygen atoms in total. The third-order valence-corrected chi connectivity index (χ3v) is 5.75. The summed E-state index contributed by atoms with van der Waals surface area (Å²) in [5, 5.41) is 3.45. The number of hydrogen-bond donors (Lipinski definition) is 2. The lowest BCUT2D eigenvalue weighted by atomic mass is 9.96. The van der Waals surface area contributed by atoms with Gasteiger partial charge < -0.3 is 24.7 Å². The van der Waals surface area contributed by atoms with Crippen molar-refractivity contribution in [3.8, 4) is 22.8 Å². The molecule has 0 aliphatic heterocycles. The van der Waals surface area contributed by atoms with E-state index >= 15 is 0 Å². The normalized spacial score (nSPS) is 15.6. The molecular formula is C24H31N5O3. The van der Waals surface area contributed by atoms with Gasteiger partial charge in [-0.15, -0.1) is 0 Å². The molecule has 0 saturated heterocycles. The zero-order valence-electron chi connectivity index (χ0n) is 18.9. The predicted molar refractivity (Wildman–Crippen MR) is 125 cm³/mol. The lowest BCUT2D eigenvalue weighted by Gasteiger charge is -2.27. The number of carbonyl (C=O) groups is 1. The number of anilines is 1. The molecule has 3 aromatic heterocycles. The first-order valence-corrected chi connectivity index (χ1v) is 11.1. The summed E-state index contributed by atoms with van der Waals surface area (Å²) in [6.07, 6.45) is 10.7. The molecule has 0 bridgehead atoms. The van der Waals surface area contributed by atoms with Gasteiger partial charge >= 0.3 is 0 Å². The number of rotatable bonds is 8. The summed E-state index contributed by atoms with van der Waals surface area (Å²) in [5.41, 5.74) is 2.38. The molecular weight excluding hydrogens is 406 g/mol. The summed E-state index contributed by atoms with van der Waals surface area (Å²) in [6.45, 7) is 1.31. The Morgan fingerprint density at radius 2 is 2.03 bits per heavy atom. The van der Waals surface area contributed by atoms with Gasteiger partial charge in [0, 0.05) is 29.9 Å². The summed E-state index contributed by atoms with van der Waals surface area (Å²) in [5.74, 6) is 2.80. The van der Waals surface area contributed by atoms with Crippen molar-refractivity contribution in [2.45, 2.75) is 38.2 Å². The molecule has 0 atom stereocenters. The van der Waals surface area contributed by atoms with Crippen molar-refractivity contribution in [3.05, 3.63) is 30.6 Å². The third kappa shape index (κ3) is 5.19. The van der Waals surface area contributed by atoms with Gasteiger partial charge in [0.25, 0.3) is 0 Å². The number of amides is 1. The van der Waals surface area contributed by atoms with E-state index in [-0.39, 0.29) is 6.10 Å². The largest absolute Gasteiger partial charge is 0.490 e. The van der Waals surface area contributed by atoms with Crippen LogP contribution in [0.25, 0.3) is 22.2 Å². The third-order valence-electron chi connectivity index (χ3n) is 5.75. The number of aromatic nitrogens is 3. The lowest BCUT2D eigenvalue weighted by molar-refractivity contribution is -0.105. The smallest absolute Gasteiger partial charge is 0.224 e. The van der Waals surface area contributed by atoms with Gasteiger partial charge in [-0.2, -0.15) is 0 Å². The van der Waals surface area contributed by atoms with E-state index in [1.807, 2.05) is 18.3 Å². The van der Waals surface area contributed by atoms with Crippen molar-refractivity contribution in [3.63, 3.8) is 0 Å². The van der Waals surface area contributed by atoms with E-state index in [1.54, 1.807) is 19.4 Å². The number of nitrogens with zero attached hydrogens (tertiary/aromatic N) is 3. The van der Waals surface area contributed by atoms with Gasteiger partial charge in [0.15, 0.2) is 0 Å². The number of aromatic amines is 1. The number of fused-ring (bicyclic) bond motifs is 1. The first-order chi connectivity index (χ1) is 15.6. The highest BCUT2D eigenvalue weighted by Crippen LogP contribution is 2.42. The quantitative estimate of drug-likeness (QED) is 0.516. The molecule has 0 unspecified atom stereocenters. The number of methoxy groups -OCH3 is 1. The zero-order chi connectivity index (χ0) is 22.5. The zero-order valence-corrected chi connectivity index (χ0v) is 18.9. The molecule has 2 saturated carbocycles. The van der Waals surface area contributed by atoms with Crippen LogP contribution < -0.4 is 14.8 Å². The van der Waals surface area contributed by atoms with E-state index in [0.29, 0.717) is 23.8 Å². The fraction of sp³-hybridized carbons (Fsp3) is 0.458.